The molecule has 2 amide bonds. The van der Waals surface area contributed by atoms with Crippen molar-refractivity contribution in [1.29, 1.82) is 0 Å². The van der Waals surface area contributed by atoms with Crippen LogP contribution in [0, 0.1) is 0 Å². The Hall–Kier alpha value is -1.10. The second-order valence-corrected chi connectivity index (χ2v) is 4.38. The molecular formula is C19H50N2O3. The van der Waals surface area contributed by atoms with Gasteiger partial charge in [0.2, 0.25) is 11.8 Å². The van der Waals surface area contributed by atoms with Gasteiger partial charge in [-0.25, -0.2) is 0 Å². The van der Waals surface area contributed by atoms with Gasteiger partial charge in [0.25, 0.3) is 0 Å². The van der Waals surface area contributed by atoms with Gasteiger partial charge in [-0.2, -0.15) is 0 Å². The van der Waals surface area contributed by atoms with Crippen LogP contribution in [0.25, 0.3) is 0 Å². The third kappa shape index (κ3) is 18.9. The van der Waals surface area contributed by atoms with Gasteiger partial charge in [0.1, 0.15) is 0 Å². The highest BCUT2D eigenvalue weighted by Crippen LogP contribution is 1.99. The van der Waals surface area contributed by atoms with Gasteiger partial charge in [-0.15, -0.1) is 0 Å². The SMILES string of the molecule is C.C.C.C.C.C.CCCN(CCN(C)C(=O)CCCO)C(=O)CC. The number of aliphatic hydroxyl groups is 1. The van der Waals surface area contributed by atoms with Crippen LogP contribution in [-0.2, 0) is 9.59 Å². The molecular weight excluding hydrogens is 304 g/mol. The topological polar surface area (TPSA) is 60.9 Å². The predicted octanol–water partition coefficient (Wildman–Crippen LogP) is 4.68. The van der Waals surface area contributed by atoms with Gasteiger partial charge < -0.3 is 14.9 Å². The smallest absolute Gasteiger partial charge is 0.222 e. The minimum atomic E-state index is 0. The first kappa shape index (κ1) is 43.4. The Morgan fingerprint density at radius 1 is 0.833 bits per heavy atom. The van der Waals surface area contributed by atoms with E-state index in [1.54, 1.807) is 16.8 Å². The molecule has 24 heavy (non-hydrogen) atoms. The fourth-order valence-electron chi connectivity index (χ4n) is 1.67. The summed E-state index contributed by atoms with van der Waals surface area (Å²) in [4.78, 5) is 26.7. The first-order valence-electron chi connectivity index (χ1n) is 6.69. The molecule has 0 aromatic carbocycles. The summed E-state index contributed by atoms with van der Waals surface area (Å²) in [6.07, 6.45) is 2.29. The molecule has 0 aromatic heterocycles. The average Bonchev–Trinajstić information content (AvgIpc) is 2.39. The zero-order valence-electron chi connectivity index (χ0n) is 11.8. The van der Waals surface area contributed by atoms with Crippen LogP contribution in [0.3, 0.4) is 0 Å². The second-order valence-electron chi connectivity index (χ2n) is 4.38. The molecule has 0 unspecified atom stereocenters. The summed E-state index contributed by atoms with van der Waals surface area (Å²) in [5, 5.41) is 8.67. The number of hydrogen-bond acceptors (Lipinski definition) is 3. The normalized spacial score (nSPS) is 7.67. The molecule has 0 bridgehead atoms. The van der Waals surface area contributed by atoms with Gasteiger partial charge in [0.15, 0.2) is 0 Å². The highest BCUT2D eigenvalue weighted by atomic mass is 16.3. The van der Waals surface area contributed by atoms with E-state index in [2.05, 4.69) is 0 Å². The van der Waals surface area contributed by atoms with Gasteiger partial charge in [-0.3, -0.25) is 9.59 Å². The van der Waals surface area contributed by atoms with Crippen LogP contribution in [0.1, 0.15) is 84.1 Å². The minimum Gasteiger partial charge on any atom is -0.396 e. The summed E-state index contributed by atoms with van der Waals surface area (Å²) in [5.74, 6) is 0.150. The number of likely N-dealkylation sites (N-methyl/N-ethyl adjacent to an activating group) is 1. The summed E-state index contributed by atoms with van der Waals surface area (Å²) in [6.45, 7) is 5.80. The van der Waals surface area contributed by atoms with Gasteiger partial charge in [-0.05, 0) is 12.8 Å². The van der Waals surface area contributed by atoms with Crippen molar-refractivity contribution in [3.8, 4) is 0 Å². The fraction of sp³-hybridized carbons (Fsp3) is 0.895. The summed E-state index contributed by atoms with van der Waals surface area (Å²) < 4.78 is 0. The van der Waals surface area contributed by atoms with E-state index in [-0.39, 0.29) is 63.0 Å². The molecule has 0 aliphatic carbocycles. The molecule has 0 aliphatic heterocycles. The Morgan fingerprint density at radius 2 is 1.33 bits per heavy atom. The van der Waals surface area contributed by atoms with Crippen LogP contribution in [-0.4, -0.2) is 60.0 Å². The fourth-order valence-corrected chi connectivity index (χ4v) is 1.67. The molecule has 0 atom stereocenters. The van der Waals surface area contributed by atoms with E-state index in [1.165, 1.54) is 0 Å². The van der Waals surface area contributed by atoms with Crippen molar-refractivity contribution >= 4 is 11.8 Å². The quantitative estimate of drug-likeness (QED) is 0.654. The van der Waals surface area contributed by atoms with Crippen molar-refractivity contribution in [3.63, 3.8) is 0 Å². The molecule has 0 saturated carbocycles. The van der Waals surface area contributed by atoms with Crippen LogP contribution in [0.4, 0.5) is 0 Å². The number of carbonyl (C=O) groups is 2. The Kier molecular flexibility index (Phi) is 48.5. The van der Waals surface area contributed by atoms with E-state index < -0.39 is 0 Å². The van der Waals surface area contributed by atoms with Crippen LogP contribution >= 0.6 is 0 Å². The van der Waals surface area contributed by atoms with Crippen molar-refractivity contribution in [2.75, 3.05) is 33.3 Å². The Labute approximate surface area is 154 Å². The molecule has 154 valence electrons. The van der Waals surface area contributed by atoms with E-state index >= 15 is 0 Å². The van der Waals surface area contributed by atoms with E-state index in [9.17, 15) is 9.59 Å². The maximum atomic E-state index is 11.6. The zero-order valence-corrected chi connectivity index (χ0v) is 11.8. The lowest BCUT2D eigenvalue weighted by Crippen LogP contribution is -2.39. The molecule has 0 radical (unpaired) electrons. The molecule has 5 heteroatoms. The molecule has 0 aromatic rings. The van der Waals surface area contributed by atoms with Crippen LogP contribution in [0.2, 0.25) is 0 Å². The van der Waals surface area contributed by atoms with Crippen molar-refractivity contribution in [3.05, 3.63) is 0 Å². The van der Waals surface area contributed by atoms with Gasteiger partial charge in [0, 0.05) is 46.1 Å². The van der Waals surface area contributed by atoms with Crippen molar-refractivity contribution in [2.45, 2.75) is 84.1 Å². The van der Waals surface area contributed by atoms with Crippen LogP contribution in [0.15, 0.2) is 0 Å². The molecule has 0 fully saturated rings. The monoisotopic (exact) mass is 354 g/mol. The summed E-state index contributed by atoms with van der Waals surface area (Å²) in [6, 6.07) is 0. The van der Waals surface area contributed by atoms with Crippen LogP contribution in [0.5, 0.6) is 0 Å². The number of carbonyl (C=O) groups excluding carboxylic acids is 2. The maximum absolute atomic E-state index is 11.6. The van der Waals surface area contributed by atoms with Crippen molar-refractivity contribution < 1.29 is 14.7 Å². The van der Waals surface area contributed by atoms with Crippen molar-refractivity contribution in [1.82, 2.24) is 9.80 Å². The van der Waals surface area contributed by atoms with Crippen LogP contribution < -0.4 is 0 Å². The molecule has 0 saturated heterocycles. The van der Waals surface area contributed by atoms with E-state index in [0.29, 0.717) is 32.4 Å². The Bertz CT molecular complexity index is 259. The molecule has 0 aliphatic rings. The number of nitrogens with zero attached hydrogens (tertiary/aromatic N) is 2. The van der Waals surface area contributed by atoms with Crippen molar-refractivity contribution in [2.24, 2.45) is 0 Å². The Morgan fingerprint density at radius 3 is 1.71 bits per heavy atom. The number of hydrogen-bond donors (Lipinski definition) is 1. The number of rotatable bonds is 9. The zero-order chi connectivity index (χ0) is 14.0. The van der Waals surface area contributed by atoms with Gasteiger partial charge in [-0.1, -0.05) is 58.4 Å². The first-order valence-corrected chi connectivity index (χ1v) is 6.69. The second kappa shape index (κ2) is 26.8. The lowest BCUT2D eigenvalue weighted by Gasteiger charge is -2.25. The lowest BCUT2D eigenvalue weighted by molar-refractivity contribution is -0.134. The minimum absolute atomic E-state index is 0. The summed E-state index contributed by atoms with van der Waals surface area (Å²) in [7, 11) is 1.74. The third-order valence-electron chi connectivity index (χ3n) is 2.83. The van der Waals surface area contributed by atoms with Gasteiger partial charge >= 0.3 is 0 Å². The number of amides is 2. The molecule has 0 spiro atoms. The largest absolute Gasteiger partial charge is 0.396 e. The molecule has 0 heterocycles. The standard InChI is InChI=1S/C13H26N2O3.6CH4/c1-4-8-15(12(17)5-2)10-9-14(3)13(18)7-6-11-16;;;;;;/h16H,4-11H2,1-3H3;6*1H4. The highest BCUT2D eigenvalue weighted by molar-refractivity contribution is 5.77. The van der Waals surface area contributed by atoms with E-state index in [1.807, 2.05) is 13.8 Å². The summed E-state index contributed by atoms with van der Waals surface area (Å²) >= 11 is 0. The molecule has 0 rings (SSSR count). The molecule has 5 nitrogen and oxygen atoms in total. The predicted molar refractivity (Wildman–Crippen MR) is 112 cm³/mol. The van der Waals surface area contributed by atoms with E-state index in [4.69, 9.17) is 5.11 Å². The Balaban J connectivity index is -0.0000000963. The highest BCUT2D eigenvalue weighted by Gasteiger charge is 2.13. The lowest BCUT2D eigenvalue weighted by atomic mass is 10.3. The van der Waals surface area contributed by atoms with E-state index in [0.717, 1.165) is 13.0 Å². The average molecular weight is 355 g/mol. The third-order valence-corrected chi connectivity index (χ3v) is 2.83. The van der Waals surface area contributed by atoms with Gasteiger partial charge in [0.05, 0.1) is 0 Å². The first-order chi connectivity index (χ1) is 8.56. The molecule has 1 N–H and O–H groups in total. The maximum Gasteiger partial charge on any atom is 0.222 e. The number of aliphatic hydroxyl groups excluding tert-OH is 1. The summed E-state index contributed by atoms with van der Waals surface area (Å²) in [5.41, 5.74) is 0.